The SMILES string of the molecule is CCOC(CN(C)C(C)c1ccccc1Cl)C(=O)O. The van der Waals surface area contributed by atoms with Crippen LogP contribution in [0, 0.1) is 0 Å². The number of aliphatic carboxylic acids is 1. The molecule has 19 heavy (non-hydrogen) atoms. The molecule has 0 aliphatic heterocycles. The first-order valence-electron chi connectivity index (χ1n) is 6.26. The number of rotatable bonds is 7. The predicted octanol–water partition coefficient (Wildman–Crippen LogP) is 2.82. The number of carboxylic acid groups (broad SMARTS) is 1. The van der Waals surface area contributed by atoms with E-state index in [9.17, 15) is 4.79 Å². The summed E-state index contributed by atoms with van der Waals surface area (Å²) in [5, 5.41) is 9.77. The Morgan fingerprint density at radius 3 is 2.63 bits per heavy atom. The second kappa shape index (κ2) is 7.48. The van der Waals surface area contributed by atoms with Gasteiger partial charge in [-0.2, -0.15) is 0 Å². The summed E-state index contributed by atoms with van der Waals surface area (Å²) in [5.74, 6) is -0.944. The molecule has 0 aliphatic rings. The average Bonchev–Trinajstić information content (AvgIpc) is 2.37. The molecule has 0 aromatic heterocycles. The highest BCUT2D eigenvalue weighted by Gasteiger charge is 2.23. The third-order valence-corrected chi connectivity index (χ3v) is 3.46. The lowest BCUT2D eigenvalue weighted by atomic mass is 10.1. The Kier molecular flexibility index (Phi) is 6.28. The zero-order valence-electron chi connectivity index (χ0n) is 11.5. The number of benzene rings is 1. The van der Waals surface area contributed by atoms with Gasteiger partial charge in [0.25, 0.3) is 0 Å². The topological polar surface area (TPSA) is 49.8 Å². The van der Waals surface area contributed by atoms with Crippen molar-refractivity contribution in [2.75, 3.05) is 20.2 Å². The van der Waals surface area contributed by atoms with Gasteiger partial charge in [-0.1, -0.05) is 29.8 Å². The van der Waals surface area contributed by atoms with E-state index < -0.39 is 12.1 Å². The molecule has 2 unspecified atom stereocenters. The van der Waals surface area contributed by atoms with E-state index in [1.165, 1.54) is 0 Å². The van der Waals surface area contributed by atoms with Gasteiger partial charge in [0.05, 0.1) is 0 Å². The molecule has 5 heteroatoms. The van der Waals surface area contributed by atoms with E-state index >= 15 is 0 Å². The van der Waals surface area contributed by atoms with Crippen molar-refractivity contribution >= 4 is 17.6 Å². The Balaban J connectivity index is 2.74. The summed E-state index contributed by atoms with van der Waals surface area (Å²) < 4.78 is 5.22. The molecular weight excluding hydrogens is 266 g/mol. The van der Waals surface area contributed by atoms with Crippen molar-refractivity contribution in [1.82, 2.24) is 4.90 Å². The lowest BCUT2D eigenvalue weighted by Crippen LogP contribution is -2.38. The molecule has 0 fully saturated rings. The molecule has 0 heterocycles. The quantitative estimate of drug-likeness (QED) is 0.837. The maximum atomic E-state index is 11.1. The van der Waals surface area contributed by atoms with Crippen LogP contribution in [0.4, 0.5) is 0 Å². The maximum Gasteiger partial charge on any atom is 0.334 e. The van der Waals surface area contributed by atoms with E-state index in [-0.39, 0.29) is 6.04 Å². The lowest BCUT2D eigenvalue weighted by Gasteiger charge is -2.28. The van der Waals surface area contributed by atoms with E-state index in [0.29, 0.717) is 18.2 Å². The van der Waals surface area contributed by atoms with Crippen LogP contribution in [0.3, 0.4) is 0 Å². The smallest absolute Gasteiger partial charge is 0.334 e. The fraction of sp³-hybridized carbons (Fsp3) is 0.500. The Morgan fingerprint density at radius 1 is 1.47 bits per heavy atom. The molecule has 4 nitrogen and oxygen atoms in total. The molecule has 0 saturated heterocycles. The fourth-order valence-electron chi connectivity index (χ4n) is 1.87. The van der Waals surface area contributed by atoms with E-state index in [1.54, 1.807) is 6.92 Å². The van der Waals surface area contributed by atoms with Gasteiger partial charge >= 0.3 is 5.97 Å². The number of carboxylic acids is 1. The first kappa shape index (κ1) is 16.0. The van der Waals surface area contributed by atoms with Crippen LogP contribution in [0.2, 0.25) is 5.02 Å². The van der Waals surface area contributed by atoms with E-state index in [1.807, 2.05) is 43.1 Å². The molecule has 0 aliphatic carbocycles. The van der Waals surface area contributed by atoms with Gasteiger partial charge in [0.1, 0.15) is 0 Å². The second-order valence-electron chi connectivity index (χ2n) is 4.42. The fourth-order valence-corrected chi connectivity index (χ4v) is 2.17. The molecular formula is C14H20ClNO3. The van der Waals surface area contributed by atoms with Crippen LogP contribution in [0.1, 0.15) is 25.5 Å². The minimum atomic E-state index is -0.944. The van der Waals surface area contributed by atoms with Crippen molar-refractivity contribution in [3.63, 3.8) is 0 Å². The average molecular weight is 286 g/mol. The molecule has 0 bridgehead atoms. The molecule has 1 aromatic rings. The molecule has 1 rings (SSSR count). The van der Waals surface area contributed by atoms with Gasteiger partial charge < -0.3 is 9.84 Å². The standard InChI is InChI=1S/C14H20ClNO3/c1-4-19-13(14(17)18)9-16(3)10(2)11-7-5-6-8-12(11)15/h5-8,10,13H,4,9H2,1-3H3,(H,17,18). The molecule has 2 atom stereocenters. The summed E-state index contributed by atoms with van der Waals surface area (Å²) in [6.45, 7) is 4.47. The van der Waals surface area contributed by atoms with Crippen LogP contribution in [-0.2, 0) is 9.53 Å². The Bertz CT molecular complexity index is 425. The van der Waals surface area contributed by atoms with Crippen LogP contribution in [0.15, 0.2) is 24.3 Å². The molecule has 0 amide bonds. The van der Waals surface area contributed by atoms with E-state index in [2.05, 4.69) is 0 Å². The molecule has 106 valence electrons. The second-order valence-corrected chi connectivity index (χ2v) is 4.83. The molecule has 0 radical (unpaired) electrons. The summed E-state index contributed by atoms with van der Waals surface area (Å²) in [5.41, 5.74) is 0.979. The van der Waals surface area contributed by atoms with Crippen molar-refractivity contribution in [1.29, 1.82) is 0 Å². The largest absolute Gasteiger partial charge is 0.479 e. The summed E-state index contributed by atoms with van der Waals surface area (Å²) in [4.78, 5) is 13.0. The van der Waals surface area contributed by atoms with Crippen LogP contribution in [-0.4, -0.2) is 42.3 Å². The number of hydrogen-bond donors (Lipinski definition) is 1. The number of hydrogen-bond acceptors (Lipinski definition) is 3. The number of nitrogens with zero attached hydrogens (tertiary/aromatic N) is 1. The van der Waals surface area contributed by atoms with Crippen molar-refractivity contribution in [3.05, 3.63) is 34.9 Å². The molecule has 0 spiro atoms. The van der Waals surface area contributed by atoms with Crippen LogP contribution in [0.25, 0.3) is 0 Å². The molecule has 1 aromatic carbocycles. The minimum Gasteiger partial charge on any atom is -0.479 e. The summed E-state index contributed by atoms with van der Waals surface area (Å²) in [7, 11) is 1.86. The van der Waals surface area contributed by atoms with E-state index in [4.69, 9.17) is 21.4 Å². The van der Waals surface area contributed by atoms with E-state index in [0.717, 1.165) is 5.56 Å². The highest BCUT2D eigenvalue weighted by atomic mass is 35.5. The number of ether oxygens (including phenoxy) is 1. The van der Waals surface area contributed by atoms with Crippen molar-refractivity contribution in [2.45, 2.75) is 26.0 Å². The van der Waals surface area contributed by atoms with Gasteiger partial charge in [-0.05, 0) is 32.5 Å². The normalized spacial score (nSPS) is 14.4. The summed E-state index contributed by atoms with van der Waals surface area (Å²) >= 11 is 6.15. The van der Waals surface area contributed by atoms with Crippen molar-refractivity contribution in [2.24, 2.45) is 0 Å². The van der Waals surface area contributed by atoms with Gasteiger partial charge in [-0.25, -0.2) is 4.79 Å². The van der Waals surface area contributed by atoms with Crippen molar-refractivity contribution in [3.8, 4) is 0 Å². The van der Waals surface area contributed by atoms with Crippen LogP contribution < -0.4 is 0 Å². The van der Waals surface area contributed by atoms with Gasteiger partial charge in [-0.15, -0.1) is 0 Å². The number of carbonyl (C=O) groups is 1. The molecule has 1 N–H and O–H groups in total. The first-order valence-corrected chi connectivity index (χ1v) is 6.64. The lowest BCUT2D eigenvalue weighted by molar-refractivity contribution is -0.151. The Labute approximate surface area is 118 Å². The summed E-state index contributed by atoms with van der Waals surface area (Å²) in [6, 6.07) is 7.59. The maximum absolute atomic E-state index is 11.1. The molecule has 0 saturated carbocycles. The third kappa shape index (κ3) is 4.49. The minimum absolute atomic E-state index is 0.0241. The summed E-state index contributed by atoms with van der Waals surface area (Å²) in [6.07, 6.45) is -0.820. The highest BCUT2D eigenvalue weighted by molar-refractivity contribution is 6.31. The highest BCUT2D eigenvalue weighted by Crippen LogP contribution is 2.26. The van der Waals surface area contributed by atoms with Crippen LogP contribution >= 0.6 is 11.6 Å². The van der Waals surface area contributed by atoms with Crippen molar-refractivity contribution < 1.29 is 14.6 Å². The Morgan fingerprint density at radius 2 is 2.11 bits per heavy atom. The Hall–Kier alpha value is -1.10. The number of halogens is 1. The zero-order valence-corrected chi connectivity index (χ0v) is 12.2. The third-order valence-electron chi connectivity index (χ3n) is 3.11. The van der Waals surface area contributed by atoms with Gasteiger partial charge in [0.2, 0.25) is 0 Å². The van der Waals surface area contributed by atoms with Gasteiger partial charge in [0.15, 0.2) is 6.10 Å². The monoisotopic (exact) mass is 285 g/mol. The van der Waals surface area contributed by atoms with Crippen LogP contribution in [0.5, 0.6) is 0 Å². The zero-order chi connectivity index (χ0) is 14.4. The predicted molar refractivity (Wildman–Crippen MR) is 75.5 cm³/mol. The van der Waals surface area contributed by atoms with Gasteiger partial charge in [0, 0.05) is 24.2 Å². The first-order chi connectivity index (χ1) is 8.97. The number of likely N-dealkylation sites (N-methyl/N-ethyl adjacent to an activating group) is 1. The van der Waals surface area contributed by atoms with Gasteiger partial charge in [-0.3, -0.25) is 4.90 Å².